The lowest BCUT2D eigenvalue weighted by Crippen LogP contribution is -2.25. The smallest absolute Gasteiger partial charge is 0.357 e. The number of unbranched alkanes of at least 4 members (excludes halogenated alkanes) is 2. The van der Waals surface area contributed by atoms with Crippen LogP contribution in [-0.4, -0.2) is 52.7 Å². The van der Waals surface area contributed by atoms with Crippen LogP contribution in [0.15, 0.2) is 12.2 Å². The summed E-state index contributed by atoms with van der Waals surface area (Å²) in [6.07, 6.45) is 11.2. The molecule has 0 amide bonds. The number of fused-ring (bicyclic) bond motifs is 1. The minimum atomic E-state index is -0.903. The Kier molecular flexibility index (Phi) is 10.7. The fourth-order valence-corrected chi connectivity index (χ4v) is 6.09. The van der Waals surface area contributed by atoms with Crippen LogP contribution in [0.5, 0.6) is 0 Å². The van der Waals surface area contributed by atoms with E-state index in [0.717, 1.165) is 57.1 Å². The Morgan fingerprint density at radius 1 is 1.23 bits per heavy atom. The van der Waals surface area contributed by atoms with Crippen molar-refractivity contribution in [3.63, 3.8) is 0 Å². The Balaban J connectivity index is 1.80. The van der Waals surface area contributed by atoms with Crippen molar-refractivity contribution in [2.24, 2.45) is 23.7 Å². The Morgan fingerprint density at radius 2 is 2.00 bits per heavy atom. The number of thioether (sulfide) groups is 1. The summed E-state index contributed by atoms with van der Waals surface area (Å²) < 4.78 is 9.75. The molecule has 0 aromatic carbocycles. The average molecular weight is 443 g/mol. The van der Waals surface area contributed by atoms with Gasteiger partial charge in [0.2, 0.25) is 5.44 Å². The van der Waals surface area contributed by atoms with E-state index in [2.05, 4.69) is 13.0 Å². The van der Waals surface area contributed by atoms with Gasteiger partial charge in [-0.05, 0) is 55.6 Å². The molecule has 0 saturated heterocycles. The molecular weight excluding hydrogens is 404 g/mol. The van der Waals surface area contributed by atoms with Crippen molar-refractivity contribution in [1.29, 1.82) is 0 Å². The van der Waals surface area contributed by atoms with E-state index >= 15 is 0 Å². The van der Waals surface area contributed by atoms with Crippen molar-refractivity contribution in [1.82, 2.24) is 0 Å². The van der Waals surface area contributed by atoms with E-state index in [1.807, 2.05) is 6.08 Å². The summed E-state index contributed by atoms with van der Waals surface area (Å²) in [5.41, 5.74) is -0.903. The minimum Gasteiger partial charge on any atom is -0.466 e. The van der Waals surface area contributed by atoms with Crippen LogP contribution in [0.3, 0.4) is 0 Å². The molecule has 0 radical (unpaired) electrons. The largest absolute Gasteiger partial charge is 0.466 e. The molecule has 0 heterocycles. The van der Waals surface area contributed by atoms with E-state index < -0.39 is 23.5 Å². The molecule has 2 fully saturated rings. The number of aliphatic hydroxyl groups is 2. The van der Waals surface area contributed by atoms with E-state index in [1.54, 1.807) is 0 Å². The third-order valence-corrected chi connectivity index (χ3v) is 7.51. The van der Waals surface area contributed by atoms with Gasteiger partial charge in [-0.1, -0.05) is 38.3 Å². The molecule has 2 rings (SSSR count). The van der Waals surface area contributed by atoms with E-state index in [4.69, 9.17) is 9.47 Å². The van der Waals surface area contributed by atoms with Crippen LogP contribution < -0.4 is 0 Å². The molecule has 172 valence electrons. The van der Waals surface area contributed by atoms with E-state index in [0.29, 0.717) is 17.8 Å². The number of carbonyl (C=O) groups excluding carboxylic acids is 2. The van der Waals surface area contributed by atoms with Gasteiger partial charge in [-0.15, -0.1) is 11.8 Å². The second kappa shape index (κ2) is 12.7. The fourth-order valence-electron chi connectivity index (χ4n) is 4.97. The summed E-state index contributed by atoms with van der Waals surface area (Å²) in [7, 11) is 1.29. The van der Waals surface area contributed by atoms with Gasteiger partial charge in [-0.25, -0.2) is 4.79 Å². The molecule has 0 aromatic rings. The molecule has 2 aliphatic rings. The molecule has 6 nitrogen and oxygen atoms in total. The lowest BCUT2D eigenvalue weighted by molar-refractivity contribution is -0.158. The molecule has 2 aliphatic carbocycles. The maximum atomic E-state index is 11.7. The Bertz CT molecular complexity index is 580. The normalized spacial score (nSPS) is 30.2. The second-order valence-corrected chi connectivity index (χ2v) is 9.88. The Morgan fingerprint density at radius 3 is 2.67 bits per heavy atom. The van der Waals surface area contributed by atoms with Gasteiger partial charge in [0.1, 0.15) is 0 Å². The molecule has 7 atom stereocenters. The Labute approximate surface area is 184 Å². The van der Waals surface area contributed by atoms with Crippen molar-refractivity contribution in [3.05, 3.63) is 12.2 Å². The van der Waals surface area contributed by atoms with Crippen LogP contribution in [0.4, 0.5) is 0 Å². The first kappa shape index (κ1) is 25.2. The molecule has 0 spiro atoms. The van der Waals surface area contributed by atoms with Crippen LogP contribution in [0.1, 0.15) is 65.2 Å². The van der Waals surface area contributed by atoms with Gasteiger partial charge in [0.15, 0.2) is 0 Å². The summed E-state index contributed by atoms with van der Waals surface area (Å²) in [6.45, 7) is 3.44. The second-order valence-electron chi connectivity index (χ2n) is 8.71. The molecule has 2 saturated carbocycles. The lowest BCUT2D eigenvalue weighted by Gasteiger charge is -2.20. The number of hydrogen-bond acceptors (Lipinski definition) is 7. The first-order valence-corrected chi connectivity index (χ1v) is 12.3. The highest BCUT2D eigenvalue weighted by atomic mass is 32.2. The maximum Gasteiger partial charge on any atom is 0.357 e. The summed E-state index contributed by atoms with van der Waals surface area (Å²) in [5, 5.41) is 20.7. The first-order valence-electron chi connectivity index (χ1n) is 11.3. The van der Waals surface area contributed by atoms with Crippen LogP contribution >= 0.6 is 11.8 Å². The quantitative estimate of drug-likeness (QED) is 0.206. The predicted molar refractivity (Wildman–Crippen MR) is 118 cm³/mol. The Hall–Kier alpha value is -1.05. The third-order valence-electron chi connectivity index (χ3n) is 6.45. The maximum absolute atomic E-state index is 11.7. The van der Waals surface area contributed by atoms with Gasteiger partial charge in [-0.3, -0.25) is 4.79 Å². The van der Waals surface area contributed by atoms with E-state index in [-0.39, 0.29) is 12.0 Å². The van der Waals surface area contributed by atoms with Crippen LogP contribution in [0, 0.1) is 23.7 Å². The number of rotatable bonds is 12. The molecule has 0 bridgehead atoms. The molecule has 0 aliphatic heterocycles. The van der Waals surface area contributed by atoms with Crippen molar-refractivity contribution in [3.8, 4) is 0 Å². The van der Waals surface area contributed by atoms with Gasteiger partial charge < -0.3 is 19.7 Å². The zero-order valence-corrected chi connectivity index (χ0v) is 19.3. The van der Waals surface area contributed by atoms with Gasteiger partial charge in [0, 0.05) is 12.8 Å². The van der Waals surface area contributed by atoms with Crippen LogP contribution in [0.25, 0.3) is 0 Å². The van der Waals surface area contributed by atoms with Crippen molar-refractivity contribution in [2.75, 3.05) is 12.9 Å². The van der Waals surface area contributed by atoms with Gasteiger partial charge in [-0.2, -0.15) is 0 Å². The summed E-state index contributed by atoms with van der Waals surface area (Å²) >= 11 is 1.31. The van der Waals surface area contributed by atoms with Crippen molar-refractivity contribution < 1.29 is 29.3 Å². The van der Waals surface area contributed by atoms with Crippen molar-refractivity contribution in [2.45, 2.75) is 82.9 Å². The number of esters is 2. The van der Waals surface area contributed by atoms with Gasteiger partial charge in [0.25, 0.3) is 0 Å². The number of carbonyl (C=O) groups is 2. The standard InChI is InChI=1S/C23H38O6S/c1-4-5-6-7-18(25)8-9-19-20-13-16(12-17(20)14-21(19)26)10-11-30-23(22(27)28-3)29-15(2)24/h8-9,16-21,23,25-26H,4-7,10-14H2,1-3H3/t16?,17-,18?,19-,20+,21-,23?/m0/s1. The monoisotopic (exact) mass is 442 g/mol. The first-order chi connectivity index (χ1) is 14.3. The molecule has 0 aromatic heterocycles. The predicted octanol–water partition coefficient (Wildman–Crippen LogP) is 3.69. The fraction of sp³-hybridized carbons (Fsp3) is 0.826. The van der Waals surface area contributed by atoms with Gasteiger partial charge >= 0.3 is 11.9 Å². The third kappa shape index (κ3) is 7.57. The minimum absolute atomic E-state index is 0.123. The highest BCUT2D eigenvalue weighted by Gasteiger charge is 2.46. The van der Waals surface area contributed by atoms with Crippen molar-refractivity contribution >= 4 is 23.7 Å². The molecule has 7 heteroatoms. The highest BCUT2D eigenvalue weighted by molar-refractivity contribution is 8.00. The molecule has 2 N–H and O–H groups in total. The molecular formula is C23H38O6S. The molecule has 3 unspecified atom stereocenters. The van der Waals surface area contributed by atoms with Crippen LogP contribution in [-0.2, 0) is 19.1 Å². The van der Waals surface area contributed by atoms with Gasteiger partial charge in [0.05, 0.1) is 19.3 Å². The van der Waals surface area contributed by atoms with Crippen LogP contribution in [0.2, 0.25) is 0 Å². The summed E-state index contributed by atoms with van der Waals surface area (Å²) in [4.78, 5) is 22.9. The zero-order chi connectivity index (χ0) is 22.1. The number of ether oxygens (including phenoxy) is 2. The average Bonchev–Trinajstić information content (AvgIpc) is 3.21. The topological polar surface area (TPSA) is 93.1 Å². The molecule has 30 heavy (non-hydrogen) atoms. The highest BCUT2D eigenvalue weighted by Crippen LogP contribution is 2.51. The summed E-state index contributed by atoms with van der Waals surface area (Å²) in [5.74, 6) is 1.33. The van der Waals surface area contributed by atoms with E-state index in [1.165, 1.54) is 25.8 Å². The number of methoxy groups -OCH3 is 1. The summed E-state index contributed by atoms with van der Waals surface area (Å²) in [6, 6.07) is 0. The van der Waals surface area contributed by atoms with E-state index in [9.17, 15) is 19.8 Å². The SMILES string of the molecule is CCCCCC(O)C=C[C@H]1[C@@H]2CC(CCSC(OC(C)=O)C(=O)OC)C[C@H]2C[C@@H]1O. The number of hydrogen-bond donors (Lipinski definition) is 2. The lowest BCUT2D eigenvalue weighted by atomic mass is 9.89. The number of aliphatic hydroxyl groups excluding tert-OH is 2. The zero-order valence-electron chi connectivity index (χ0n) is 18.5.